The van der Waals surface area contributed by atoms with E-state index < -0.39 is 0 Å². The van der Waals surface area contributed by atoms with Gasteiger partial charge in [0.05, 0.1) is 19.1 Å². The Morgan fingerprint density at radius 2 is 1.88 bits per heavy atom. The van der Waals surface area contributed by atoms with Crippen LogP contribution in [-0.4, -0.2) is 68.2 Å². The molecule has 1 N–H and O–H groups in total. The fourth-order valence-electron chi connectivity index (χ4n) is 3.90. The number of benzene rings is 1. The summed E-state index contributed by atoms with van der Waals surface area (Å²) in [5.41, 5.74) is 1.33. The molecule has 2 aliphatic heterocycles. The van der Waals surface area contributed by atoms with Gasteiger partial charge in [-0.2, -0.15) is 0 Å². The molecular formula is C21H33N3O2. The van der Waals surface area contributed by atoms with Gasteiger partial charge in [0.25, 0.3) is 0 Å². The SMILES string of the molecule is O=C(NCCCCN1CCOCC1)C1CCCN(Cc2ccccc2)C1. The van der Waals surface area contributed by atoms with Gasteiger partial charge in [-0.3, -0.25) is 14.6 Å². The Kier molecular flexibility index (Phi) is 7.92. The normalized spacial score (nSPS) is 22.2. The lowest BCUT2D eigenvalue weighted by Gasteiger charge is -2.32. The molecule has 0 spiro atoms. The van der Waals surface area contributed by atoms with Crippen molar-refractivity contribution in [3.8, 4) is 0 Å². The highest BCUT2D eigenvalue weighted by Gasteiger charge is 2.25. The van der Waals surface area contributed by atoms with E-state index in [0.29, 0.717) is 0 Å². The van der Waals surface area contributed by atoms with E-state index >= 15 is 0 Å². The van der Waals surface area contributed by atoms with Gasteiger partial charge in [-0.1, -0.05) is 30.3 Å². The van der Waals surface area contributed by atoms with E-state index in [1.54, 1.807) is 0 Å². The Hall–Kier alpha value is -1.43. The van der Waals surface area contributed by atoms with Crippen LogP contribution in [0.5, 0.6) is 0 Å². The van der Waals surface area contributed by atoms with Gasteiger partial charge in [0.1, 0.15) is 0 Å². The number of rotatable bonds is 8. The summed E-state index contributed by atoms with van der Waals surface area (Å²) in [6, 6.07) is 10.5. The molecule has 0 aromatic heterocycles. The Balaban J connectivity index is 1.31. The average Bonchev–Trinajstić information content (AvgIpc) is 2.69. The third kappa shape index (κ3) is 6.38. The molecule has 2 heterocycles. The lowest BCUT2D eigenvalue weighted by Crippen LogP contribution is -2.43. The molecule has 1 aromatic carbocycles. The molecule has 2 saturated heterocycles. The van der Waals surface area contributed by atoms with Gasteiger partial charge in [-0.15, -0.1) is 0 Å². The first-order valence-corrected chi connectivity index (χ1v) is 10.2. The highest BCUT2D eigenvalue weighted by Crippen LogP contribution is 2.18. The highest BCUT2D eigenvalue weighted by atomic mass is 16.5. The van der Waals surface area contributed by atoms with E-state index in [9.17, 15) is 4.79 Å². The van der Waals surface area contributed by atoms with Crippen molar-refractivity contribution < 1.29 is 9.53 Å². The van der Waals surface area contributed by atoms with Crippen LogP contribution < -0.4 is 5.32 Å². The average molecular weight is 360 g/mol. The molecule has 1 aromatic rings. The number of amides is 1. The number of piperidine rings is 1. The Labute approximate surface area is 157 Å². The lowest BCUT2D eigenvalue weighted by atomic mass is 9.96. The lowest BCUT2D eigenvalue weighted by molar-refractivity contribution is -0.126. The number of nitrogens with zero attached hydrogens (tertiary/aromatic N) is 2. The molecule has 2 aliphatic rings. The van der Waals surface area contributed by atoms with Crippen LogP contribution >= 0.6 is 0 Å². The van der Waals surface area contributed by atoms with E-state index in [1.807, 2.05) is 0 Å². The standard InChI is InChI=1S/C21H33N3O2/c25-21(22-10-4-5-11-23-13-15-26-16-14-23)20-9-6-12-24(18-20)17-19-7-2-1-3-8-19/h1-3,7-8,20H,4-6,9-18H2,(H,22,25). The van der Waals surface area contributed by atoms with Crippen LogP contribution in [0.25, 0.3) is 0 Å². The van der Waals surface area contributed by atoms with Crippen LogP contribution in [-0.2, 0) is 16.1 Å². The quantitative estimate of drug-likeness (QED) is 0.722. The predicted octanol–water partition coefficient (Wildman–Crippen LogP) is 2.13. The van der Waals surface area contributed by atoms with Crippen LogP contribution in [0.1, 0.15) is 31.2 Å². The second-order valence-electron chi connectivity index (χ2n) is 7.51. The van der Waals surface area contributed by atoms with Crippen LogP contribution in [0.3, 0.4) is 0 Å². The third-order valence-corrected chi connectivity index (χ3v) is 5.43. The number of likely N-dealkylation sites (tertiary alicyclic amines) is 1. The minimum Gasteiger partial charge on any atom is -0.379 e. The molecule has 0 radical (unpaired) electrons. The second-order valence-corrected chi connectivity index (χ2v) is 7.51. The van der Waals surface area contributed by atoms with E-state index in [4.69, 9.17) is 4.74 Å². The number of hydrogen-bond acceptors (Lipinski definition) is 4. The van der Waals surface area contributed by atoms with Gasteiger partial charge in [-0.25, -0.2) is 0 Å². The predicted molar refractivity (Wildman–Crippen MR) is 104 cm³/mol. The minimum absolute atomic E-state index is 0.145. The number of unbranched alkanes of at least 4 members (excludes halogenated alkanes) is 1. The summed E-state index contributed by atoms with van der Waals surface area (Å²) in [6.45, 7) is 8.66. The Morgan fingerprint density at radius 3 is 2.69 bits per heavy atom. The first kappa shape index (κ1) is 19.3. The van der Waals surface area contributed by atoms with Crippen molar-refractivity contribution >= 4 is 5.91 Å². The molecule has 1 amide bonds. The Bertz CT molecular complexity index is 531. The monoisotopic (exact) mass is 359 g/mol. The molecule has 144 valence electrons. The number of carbonyl (C=O) groups excluding carboxylic acids is 1. The molecule has 1 atom stereocenters. The number of nitrogens with one attached hydrogen (secondary N) is 1. The zero-order chi connectivity index (χ0) is 18.0. The molecule has 2 fully saturated rings. The molecule has 0 bridgehead atoms. The summed E-state index contributed by atoms with van der Waals surface area (Å²) >= 11 is 0. The molecule has 5 nitrogen and oxygen atoms in total. The molecule has 26 heavy (non-hydrogen) atoms. The maximum Gasteiger partial charge on any atom is 0.224 e. The summed E-state index contributed by atoms with van der Waals surface area (Å²) in [4.78, 5) is 17.4. The third-order valence-electron chi connectivity index (χ3n) is 5.43. The van der Waals surface area contributed by atoms with Crippen LogP contribution in [0.2, 0.25) is 0 Å². The first-order valence-electron chi connectivity index (χ1n) is 10.2. The van der Waals surface area contributed by atoms with Crippen molar-refractivity contribution in [2.75, 3.05) is 52.5 Å². The molecule has 3 rings (SSSR count). The molecular weight excluding hydrogens is 326 g/mol. The Morgan fingerprint density at radius 1 is 1.08 bits per heavy atom. The number of hydrogen-bond donors (Lipinski definition) is 1. The molecule has 0 saturated carbocycles. The number of morpholine rings is 1. The van der Waals surface area contributed by atoms with E-state index in [0.717, 1.165) is 84.7 Å². The van der Waals surface area contributed by atoms with Gasteiger partial charge < -0.3 is 10.1 Å². The summed E-state index contributed by atoms with van der Waals surface area (Å²) in [6.07, 6.45) is 4.33. The number of carbonyl (C=O) groups is 1. The fourth-order valence-corrected chi connectivity index (χ4v) is 3.90. The summed E-state index contributed by atoms with van der Waals surface area (Å²) in [7, 11) is 0. The maximum absolute atomic E-state index is 12.5. The van der Waals surface area contributed by atoms with Crippen LogP contribution in [0.4, 0.5) is 0 Å². The van der Waals surface area contributed by atoms with Crippen LogP contribution in [0, 0.1) is 5.92 Å². The molecule has 5 heteroatoms. The summed E-state index contributed by atoms with van der Waals surface area (Å²) in [5.74, 6) is 0.390. The zero-order valence-electron chi connectivity index (χ0n) is 15.9. The maximum atomic E-state index is 12.5. The molecule has 0 aliphatic carbocycles. The molecule has 1 unspecified atom stereocenters. The van der Waals surface area contributed by atoms with Gasteiger partial charge in [0.2, 0.25) is 5.91 Å². The van der Waals surface area contributed by atoms with Gasteiger partial charge in [0, 0.05) is 32.7 Å². The zero-order valence-corrected chi connectivity index (χ0v) is 15.9. The first-order chi connectivity index (χ1) is 12.8. The van der Waals surface area contributed by atoms with Gasteiger partial charge >= 0.3 is 0 Å². The van der Waals surface area contributed by atoms with Crippen molar-refractivity contribution in [1.29, 1.82) is 0 Å². The van der Waals surface area contributed by atoms with Crippen LogP contribution in [0.15, 0.2) is 30.3 Å². The van der Waals surface area contributed by atoms with Crippen molar-refractivity contribution in [2.24, 2.45) is 5.92 Å². The van der Waals surface area contributed by atoms with Gasteiger partial charge in [0.15, 0.2) is 0 Å². The topological polar surface area (TPSA) is 44.8 Å². The highest BCUT2D eigenvalue weighted by molar-refractivity contribution is 5.78. The second kappa shape index (κ2) is 10.7. The van der Waals surface area contributed by atoms with Crippen molar-refractivity contribution in [3.05, 3.63) is 35.9 Å². The summed E-state index contributed by atoms with van der Waals surface area (Å²) < 4.78 is 5.37. The minimum atomic E-state index is 0.145. The van der Waals surface area contributed by atoms with Crippen molar-refractivity contribution in [3.63, 3.8) is 0 Å². The van der Waals surface area contributed by atoms with Crippen molar-refractivity contribution in [2.45, 2.75) is 32.2 Å². The largest absolute Gasteiger partial charge is 0.379 e. The van der Waals surface area contributed by atoms with Crippen molar-refractivity contribution in [1.82, 2.24) is 15.1 Å². The smallest absolute Gasteiger partial charge is 0.224 e. The van der Waals surface area contributed by atoms with E-state index in [2.05, 4.69) is 45.4 Å². The number of ether oxygens (including phenoxy) is 1. The van der Waals surface area contributed by atoms with E-state index in [-0.39, 0.29) is 11.8 Å². The summed E-state index contributed by atoms with van der Waals surface area (Å²) in [5, 5.41) is 3.17. The van der Waals surface area contributed by atoms with E-state index in [1.165, 1.54) is 5.56 Å². The van der Waals surface area contributed by atoms with Gasteiger partial charge in [-0.05, 0) is 44.3 Å². The fraction of sp³-hybridized carbons (Fsp3) is 0.667.